The molecule has 0 N–H and O–H groups in total. The summed E-state index contributed by atoms with van der Waals surface area (Å²) < 4.78 is 4.99. The van der Waals surface area contributed by atoms with Crippen LogP contribution in [0.15, 0.2) is 12.4 Å². The van der Waals surface area contributed by atoms with Crippen LogP contribution in [0.5, 0.6) is 0 Å². The van der Waals surface area contributed by atoms with Gasteiger partial charge in [0.15, 0.2) is 0 Å². The van der Waals surface area contributed by atoms with Gasteiger partial charge in [0, 0.05) is 5.69 Å². The monoisotopic (exact) mass is 234 g/mol. The third-order valence-corrected chi connectivity index (χ3v) is 3.58. The fourth-order valence-corrected chi connectivity index (χ4v) is 2.63. The van der Waals surface area contributed by atoms with Crippen molar-refractivity contribution in [2.75, 3.05) is 7.11 Å². The maximum atomic E-state index is 12.1. The Balaban J connectivity index is 2.42. The van der Waals surface area contributed by atoms with Crippen LogP contribution in [0.1, 0.15) is 43.5 Å². The van der Waals surface area contributed by atoms with Crippen LogP contribution in [0, 0.1) is 6.92 Å². The predicted octanol–water partition coefficient (Wildman–Crippen LogP) is 2.16. The number of hydrogen-bond donors (Lipinski definition) is 0. The quantitative estimate of drug-likeness (QED) is 0.736. The third-order valence-electron chi connectivity index (χ3n) is 3.58. The van der Waals surface area contributed by atoms with E-state index in [2.05, 4.69) is 9.97 Å². The number of ether oxygens (including phenoxy) is 1. The zero-order valence-electron chi connectivity index (χ0n) is 10.4. The molecule has 0 aromatic carbocycles. The summed E-state index contributed by atoms with van der Waals surface area (Å²) in [5.41, 5.74) is 1.17. The van der Waals surface area contributed by atoms with Crippen molar-refractivity contribution in [3.8, 4) is 0 Å². The van der Waals surface area contributed by atoms with E-state index < -0.39 is 5.41 Å². The molecule has 0 unspecified atom stereocenters. The van der Waals surface area contributed by atoms with Crippen molar-refractivity contribution in [2.24, 2.45) is 0 Å². The van der Waals surface area contributed by atoms with E-state index in [9.17, 15) is 4.79 Å². The molecule has 4 heteroatoms. The number of methoxy groups -OCH3 is 1. The van der Waals surface area contributed by atoms with Gasteiger partial charge in [-0.2, -0.15) is 0 Å². The normalized spacial score (nSPS) is 18.7. The number of nitrogens with zero attached hydrogens (tertiary/aromatic N) is 2. The van der Waals surface area contributed by atoms with E-state index >= 15 is 0 Å². The highest BCUT2D eigenvalue weighted by atomic mass is 16.5. The lowest BCUT2D eigenvalue weighted by Crippen LogP contribution is -2.39. The minimum Gasteiger partial charge on any atom is -0.468 e. The molecule has 0 amide bonds. The Morgan fingerprint density at radius 2 is 2.00 bits per heavy atom. The summed E-state index contributed by atoms with van der Waals surface area (Å²) in [7, 11) is 1.45. The Bertz CT molecular complexity index is 412. The van der Waals surface area contributed by atoms with Gasteiger partial charge in [0.1, 0.15) is 11.7 Å². The topological polar surface area (TPSA) is 52.1 Å². The third kappa shape index (κ3) is 2.16. The number of carbonyl (C=O) groups excluding carboxylic acids is 1. The largest absolute Gasteiger partial charge is 0.468 e. The molecule has 1 aromatic heterocycles. The highest BCUT2D eigenvalue weighted by Crippen LogP contribution is 2.39. The Kier molecular flexibility index (Phi) is 3.41. The molecule has 0 bridgehead atoms. The molecule has 17 heavy (non-hydrogen) atoms. The zero-order valence-corrected chi connectivity index (χ0v) is 10.4. The molecule has 4 nitrogen and oxygen atoms in total. The smallest absolute Gasteiger partial charge is 0.317 e. The van der Waals surface area contributed by atoms with Crippen molar-refractivity contribution in [1.29, 1.82) is 0 Å². The van der Waals surface area contributed by atoms with E-state index in [1.165, 1.54) is 19.9 Å². The first-order valence-corrected chi connectivity index (χ1v) is 6.06. The van der Waals surface area contributed by atoms with Crippen LogP contribution < -0.4 is 0 Å². The first kappa shape index (κ1) is 12.0. The van der Waals surface area contributed by atoms with Crippen molar-refractivity contribution in [1.82, 2.24) is 9.97 Å². The van der Waals surface area contributed by atoms with E-state index in [0.717, 1.165) is 37.1 Å². The number of hydrogen-bond acceptors (Lipinski definition) is 4. The number of aromatic nitrogens is 2. The molecule has 92 valence electrons. The summed E-state index contributed by atoms with van der Waals surface area (Å²) in [6.45, 7) is 1.92. The fourth-order valence-electron chi connectivity index (χ4n) is 2.63. The van der Waals surface area contributed by atoms with Crippen molar-refractivity contribution in [3.05, 3.63) is 23.8 Å². The van der Waals surface area contributed by atoms with Crippen molar-refractivity contribution in [2.45, 2.75) is 44.4 Å². The summed E-state index contributed by atoms with van der Waals surface area (Å²) in [6, 6.07) is 1.90. The molecule has 0 saturated heterocycles. The molecule has 1 heterocycles. The molecular formula is C13H18N2O2. The molecule has 1 aromatic rings. The van der Waals surface area contributed by atoms with Gasteiger partial charge in [0.25, 0.3) is 0 Å². The molecule has 1 saturated carbocycles. The van der Waals surface area contributed by atoms with Crippen molar-refractivity contribution >= 4 is 5.97 Å². The summed E-state index contributed by atoms with van der Waals surface area (Å²) >= 11 is 0. The van der Waals surface area contributed by atoms with Crippen LogP contribution in [0.25, 0.3) is 0 Å². The van der Waals surface area contributed by atoms with Crippen LogP contribution in [-0.4, -0.2) is 23.0 Å². The molecule has 0 spiro atoms. The van der Waals surface area contributed by atoms with E-state index in [1.807, 2.05) is 13.0 Å². The number of aryl methyl sites for hydroxylation is 1. The van der Waals surface area contributed by atoms with Crippen LogP contribution in [0.4, 0.5) is 0 Å². The Hall–Kier alpha value is -1.45. The molecule has 0 radical (unpaired) electrons. The van der Waals surface area contributed by atoms with Crippen molar-refractivity contribution in [3.63, 3.8) is 0 Å². The van der Waals surface area contributed by atoms with Gasteiger partial charge in [-0.3, -0.25) is 4.79 Å². The maximum Gasteiger partial charge on any atom is 0.317 e. The minimum atomic E-state index is -0.541. The molecule has 1 fully saturated rings. The zero-order chi connectivity index (χ0) is 12.3. The molecule has 2 rings (SSSR count). The predicted molar refractivity (Wildman–Crippen MR) is 63.5 cm³/mol. The molecular weight excluding hydrogens is 216 g/mol. The van der Waals surface area contributed by atoms with E-state index in [-0.39, 0.29) is 5.97 Å². The first-order valence-electron chi connectivity index (χ1n) is 6.06. The lowest BCUT2D eigenvalue weighted by atomic mass is 9.71. The van der Waals surface area contributed by atoms with Gasteiger partial charge in [0.05, 0.1) is 12.8 Å². The SMILES string of the molecule is COC(=O)C1(c2cc(C)ncn2)CCCCC1. The standard InChI is InChI=1S/C13H18N2O2/c1-10-8-11(15-9-14-10)13(12(16)17-2)6-4-3-5-7-13/h8-9H,3-7H2,1-2H3. The summed E-state index contributed by atoms with van der Waals surface area (Å²) in [5, 5.41) is 0. The minimum absolute atomic E-state index is 0.157. The molecule has 0 atom stereocenters. The Labute approximate surface area is 101 Å². The van der Waals surface area contributed by atoms with Gasteiger partial charge < -0.3 is 4.74 Å². The Morgan fingerprint density at radius 3 is 2.59 bits per heavy atom. The highest BCUT2D eigenvalue weighted by molar-refractivity contribution is 5.82. The van der Waals surface area contributed by atoms with Gasteiger partial charge in [0.2, 0.25) is 0 Å². The molecule has 0 aliphatic heterocycles. The second-order valence-corrected chi connectivity index (χ2v) is 4.68. The number of carbonyl (C=O) groups is 1. The summed E-state index contributed by atoms with van der Waals surface area (Å²) in [6.07, 6.45) is 6.48. The van der Waals surface area contributed by atoms with Crippen LogP contribution in [0.2, 0.25) is 0 Å². The Morgan fingerprint density at radius 1 is 1.29 bits per heavy atom. The van der Waals surface area contributed by atoms with Crippen LogP contribution >= 0.6 is 0 Å². The molecule has 1 aliphatic rings. The van der Waals surface area contributed by atoms with Crippen molar-refractivity contribution < 1.29 is 9.53 Å². The lowest BCUT2D eigenvalue weighted by molar-refractivity contribution is -0.149. The van der Waals surface area contributed by atoms with Gasteiger partial charge in [-0.05, 0) is 25.8 Å². The van der Waals surface area contributed by atoms with Gasteiger partial charge in [-0.1, -0.05) is 19.3 Å². The van der Waals surface area contributed by atoms with Crippen LogP contribution in [0.3, 0.4) is 0 Å². The second-order valence-electron chi connectivity index (χ2n) is 4.68. The van der Waals surface area contributed by atoms with E-state index in [0.29, 0.717) is 0 Å². The van der Waals surface area contributed by atoms with E-state index in [1.54, 1.807) is 0 Å². The highest BCUT2D eigenvalue weighted by Gasteiger charge is 2.43. The summed E-state index contributed by atoms with van der Waals surface area (Å²) in [4.78, 5) is 20.5. The van der Waals surface area contributed by atoms with Gasteiger partial charge in [-0.25, -0.2) is 9.97 Å². The average molecular weight is 234 g/mol. The second kappa shape index (κ2) is 4.82. The fraction of sp³-hybridized carbons (Fsp3) is 0.615. The lowest BCUT2D eigenvalue weighted by Gasteiger charge is -2.33. The number of esters is 1. The number of rotatable bonds is 2. The van der Waals surface area contributed by atoms with E-state index in [4.69, 9.17) is 4.74 Å². The summed E-state index contributed by atoms with van der Waals surface area (Å²) in [5.74, 6) is -0.157. The van der Waals surface area contributed by atoms with Gasteiger partial charge in [-0.15, -0.1) is 0 Å². The van der Waals surface area contributed by atoms with Gasteiger partial charge >= 0.3 is 5.97 Å². The first-order chi connectivity index (χ1) is 8.19. The maximum absolute atomic E-state index is 12.1. The average Bonchev–Trinajstić information content (AvgIpc) is 2.38. The van der Waals surface area contributed by atoms with Crippen LogP contribution in [-0.2, 0) is 14.9 Å². The molecule has 1 aliphatic carbocycles.